The highest BCUT2D eigenvalue weighted by Gasteiger charge is 2.34. The summed E-state index contributed by atoms with van der Waals surface area (Å²) in [6, 6.07) is 8.22. The van der Waals surface area contributed by atoms with Gasteiger partial charge >= 0.3 is 12.0 Å². The number of anilines is 1. The van der Waals surface area contributed by atoms with Crippen molar-refractivity contribution in [3.8, 4) is 0 Å². The highest BCUT2D eigenvalue weighted by molar-refractivity contribution is 7.99. The fourth-order valence-corrected chi connectivity index (χ4v) is 3.03. The minimum absolute atomic E-state index is 0.265. The first-order chi connectivity index (χ1) is 9.11. The summed E-state index contributed by atoms with van der Waals surface area (Å²) >= 11 is 1.57. The highest BCUT2D eigenvalue weighted by atomic mass is 32.2. The molecule has 1 aromatic rings. The zero-order chi connectivity index (χ0) is 13.8. The lowest BCUT2D eigenvalue weighted by molar-refractivity contribution is -0.141. The normalized spacial score (nSPS) is 19.0. The molecule has 6 heteroatoms. The van der Waals surface area contributed by atoms with E-state index < -0.39 is 12.0 Å². The summed E-state index contributed by atoms with van der Waals surface area (Å²) in [5.41, 5.74) is 0.759. The molecule has 2 rings (SSSR count). The van der Waals surface area contributed by atoms with E-state index in [1.54, 1.807) is 18.8 Å². The van der Waals surface area contributed by atoms with E-state index in [0.717, 1.165) is 11.4 Å². The number of urea groups is 1. The second kappa shape index (κ2) is 5.97. The molecule has 0 aromatic heterocycles. The average Bonchev–Trinajstić information content (AvgIpc) is 2.46. The van der Waals surface area contributed by atoms with Crippen LogP contribution in [0, 0.1) is 0 Å². The molecule has 1 atom stereocenters. The number of amides is 2. The van der Waals surface area contributed by atoms with Gasteiger partial charge < -0.3 is 10.0 Å². The second-order valence-electron chi connectivity index (χ2n) is 4.30. The number of carbonyl (C=O) groups excluding carboxylic acids is 1. The number of nitrogens with zero attached hydrogens (tertiary/aromatic N) is 2. The van der Waals surface area contributed by atoms with Gasteiger partial charge in [-0.1, -0.05) is 18.2 Å². The summed E-state index contributed by atoms with van der Waals surface area (Å²) < 4.78 is 0. The largest absolute Gasteiger partial charge is 0.480 e. The van der Waals surface area contributed by atoms with Crippen LogP contribution >= 0.6 is 11.8 Å². The predicted molar refractivity (Wildman–Crippen MR) is 75.7 cm³/mol. The number of rotatable bonds is 2. The third kappa shape index (κ3) is 3.01. The quantitative estimate of drug-likeness (QED) is 0.896. The van der Waals surface area contributed by atoms with Gasteiger partial charge in [-0.05, 0) is 12.1 Å². The first-order valence-electron chi connectivity index (χ1n) is 6.01. The topological polar surface area (TPSA) is 60.9 Å². The van der Waals surface area contributed by atoms with Crippen molar-refractivity contribution in [1.82, 2.24) is 4.90 Å². The lowest BCUT2D eigenvalue weighted by Crippen LogP contribution is -2.54. The molecular formula is C13H16N2O3S. The SMILES string of the molecule is CN(C(=O)N1CCSCC1C(=O)O)c1ccccc1. The molecule has 1 saturated heterocycles. The first kappa shape index (κ1) is 13.7. The number of aliphatic carboxylic acids is 1. The van der Waals surface area contributed by atoms with Crippen molar-refractivity contribution in [2.45, 2.75) is 6.04 Å². The number of carboxylic acids is 1. The molecule has 1 unspecified atom stereocenters. The molecule has 0 bridgehead atoms. The molecule has 0 saturated carbocycles. The second-order valence-corrected chi connectivity index (χ2v) is 5.45. The molecule has 1 fully saturated rings. The van der Waals surface area contributed by atoms with Gasteiger partial charge in [0.2, 0.25) is 0 Å². The van der Waals surface area contributed by atoms with Crippen molar-refractivity contribution < 1.29 is 14.7 Å². The zero-order valence-electron chi connectivity index (χ0n) is 10.7. The van der Waals surface area contributed by atoms with E-state index in [9.17, 15) is 14.7 Å². The van der Waals surface area contributed by atoms with E-state index in [1.165, 1.54) is 9.80 Å². The number of benzene rings is 1. The van der Waals surface area contributed by atoms with Crippen LogP contribution < -0.4 is 4.90 Å². The van der Waals surface area contributed by atoms with Crippen LogP contribution in [-0.2, 0) is 4.79 Å². The van der Waals surface area contributed by atoms with Gasteiger partial charge in [0.15, 0.2) is 0 Å². The molecule has 102 valence electrons. The predicted octanol–water partition coefficient (Wildman–Crippen LogP) is 1.74. The van der Waals surface area contributed by atoms with Crippen LogP contribution in [0.25, 0.3) is 0 Å². The molecule has 1 aliphatic rings. The van der Waals surface area contributed by atoms with Crippen LogP contribution in [-0.4, -0.2) is 53.1 Å². The van der Waals surface area contributed by atoms with Gasteiger partial charge in [0, 0.05) is 30.8 Å². The van der Waals surface area contributed by atoms with Gasteiger partial charge in [-0.25, -0.2) is 9.59 Å². The van der Waals surface area contributed by atoms with Crippen LogP contribution in [0.2, 0.25) is 0 Å². The van der Waals surface area contributed by atoms with Crippen molar-refractivity contribution in [2.75, 3.05) is 30.0 Å². The fourth-order valence-electron chi connectivity index (χ4n) is 1.99. The number of para-hydroxylation sites is 1. The Kier molecular flexibility index (Phi) is 4.31. The van der Waals surface area contributed by atoms with Crippen molar-refractivity contribution in [1.29, 1.82) is 0 Å². The molecule has 1 aromatic carbocycles. The van der Waals surface area contributed by atoms with Gasteiger partial charge in [-0.15, -0.1) is 0 Å². The Morgan fingerprint density at radius 2 is 2.05 bits per heavy atom. The molecule has 1 heterocycles. The van der Waals surface area contributed by atoms with Gasteiger partial charge in [0.05, 0.1) is 0 Å². The van der Waals surface area contributed by atoms with E-state index in [4.69, 9.17) is 0 Å². The third-order valence-corrected chi connectivity index (χ3v) is 4.11. The van der Waals surface area contributed by atoms with E-state index in [1.807, 2.05) is 30.3 Å². The summed E-state index contributed by atoms with van der Waals surface area (Å²) in [5.74, 6) is 0.281. The highest BCUT2D eigenvalue weighted by Crippen LogP contribution is 2.20. The molecule has 1 aliphatic heterocycles. The van der Waals surface area contributed by atoms with Crippen LogP contribution in [0.5, 0.6) is 0 Å². The lowest BCUT2D eigenvalue weighted by atomic mass is 10.2. The van der Waals surface area contributed by atoms with Crippen LogP contribution in [0.1, 0.15) is 0 Å². The maximum absolute atomic E-state index is 12.4. The molecule has 19 heavy (non-hydrogen) atoms. The number of hydrogen-bond acceptors (Lipinski definition) is 3. The Bertz CT molecular complexity index is 466. The summed E-state index contributed by atoms with van der Waals surface area (Å²) in [4.78, 5) is 26.5. The van der Waals surface area contributed by atoms with Crippen molar-refractivity contribution in [3.63, 3.8) is 0 Å². The van der Waals surface area contributed by atoms with Gasteiger partial charge in [0.1, 0.15) is 6.04 Å². The maximum atomic E-state index is 12.4. The van der Waals surface area contributed by atoms with E-state index >= 15 is 0 Å². The van der Waals surface area contributed by atoms with Gasteiger partial charge in [-0.2, -0.15) is 11.8 Å². The average molecular weight is 280 g/mol. The summed E-state index contributed by atoms with van der Waals surface area (Å²) in [7, 11) is 1.67. The standard InChI is InChI=1S/C13H16N2O3S/c1-14(10-5-3-2-4-6-10)13(18)15-7-8-19-9-11(15)12(16)17/h2-6,11H,7-9H2,1H3,(H,16,17). The Morgan fingerprint density at radius 3 is 2.68 bits per heavy atom. The molecular weight excluding hydrogens is 264 g/mol. The molecule has 0 aliphatic carbocycles. The number of hydrogen-bond donors (Lipinski definition) is 1. The van der Waals surface area contributed by atoms with Crippen LogP contribution in [0.15, 0.2) is 30.3 Å². The number of carboxylic acid groups (broad SMARTS) is 1. The minimum atomic E-state index is -0.943. The van der Waals surface area contributed by atoms with Gasteiger partial charge in [0.25, 0.3) is 0 Å². The summed E-state index contributed by atoms with van der Waals surface area (Å²) in [6.45, 7) is 0.470. The monoisotopic (exact) mass is 280 g/mol. The number of carbonyl (C=O) groups is 2. The Balaban J connectivity index is 2.15. The molecule has 5 nitrogen and oxygen atoms in total. The fraction of sp³-hybridized carbons (Fsp3) is 0.385. The van der Waals surface area contributed by atoms with E-state index in [-0.39, 0.29) is 6.03 Å². The van der Waals surface area contributed by atoms with Crippen molar-refractivity contribution in [2.24, 2.45) is 0 Å². The molecule has 2 amide bonds. The Hall–Kier alpha value is -1.69. The number of thioether (sulfide) groups is 1. The maximum Gasteiger partial charge on any atom is 0.327 e. The van der Waals surface area contributed by atoms with Crippen molar-refractivity contribution in [3.05, 3.63) is 30.3 Å². The summed E-state index contributed by atoms with van der Waals surface area (Å²) in [5, 5.41) is 9.18. The minimum Gasteiger partial charge on any atom is -0.480 e. The summed E-state index contributed by atoms with van der Waals surface area (Å²) in [6.07, 6.45) is 0. The van der Waals surface area contributed by atoms with Gasteiger partial charge in [-0.3, -0.25) is 4.90 Å². The smallest absolute Gasteiger partial charge is 0.327 e. The van der Waals surface area contributed by atoms with E-state index in [2.05, 4.69) is 0 Å². The molecule has 1 N–H and O–H groups in total. The van der Waals surface area contributed by atoms with Crippen LogP contribution in [0.4, 0.5) is 10.5 Å². The third-order valence-electron chi connectivity index (χ3n) is 3.09. The van der Waals surface area contributed by atoms with E-state index in [0.29, 0.717) is 12.3 Å². The van der Waals surface area contributed by atoms with Crippen molar-refractivity contribution >= 4 is 29.4 Å². The lowest BCUT2D eigenvalue weighted by Gasteiger charge is -2.35. The Labute approximate surface area is 116 Å². The first-order valence-corrected chi connectivity index (χ1v) is 7.16. The molecule has 0 spiro atoms. The Morgan fingerprint density at radius 1 is 1.37 bits per heavy atom. The zero-order valence-corrected chi connectivity index (χ0v) is 11.5. The molecule has 0 radical (unpaired) electrons. The van der Waals surface area contributed by atoms with Crippen LogP contribution in [0.3, 0.4) is 0 Å².